The zero-order valence-electron chi connectivity index (χ0n) is 8.42. The van der Waals surface area contributed by atoms with E-state index in [1.807, 2.05) is 5.32 Å². The van der Waals surface area contributed by atoms with Gasteiger partial charge in [-0.15, -0.1) is 0 Å². The van der Waals surface area contributed by atoms with Crippen LogP contribution in [0.4, 0.5) is 29.1 Å². The molecule has 0 bridgehead atoms. The molecule has 0 saturated heterocycles. The molecular formula is C9H8F4N4. The molecule has 0 aliphatic carbocycles. The summed E-state index contributed by atoms with van der Waals surface area (Å²) in [6.07, 6.45) is -3.76. The third-order valence-corrected chi connectivity index (χ3v) is 1.86. The Morgan fingerprint density at radius 2 is 2.12 bits per heavy atom. The van der Waals surface area contributed by atoms with Crippen molar-refractivity contribution in [2.24, 2.45) is 0 Å². The van der Waals surface area contributed by atoms with Crippen LogP contribution in [0.3, 0.4) is 0 Å². The van der Waals surface area contributed by atoms with Crippen LogP contribution in [0.2, 0.25) is 0 Å². The molecule has 0 aromatic carbocycles. The summed E-state index contributed by atoms with van der Waals surface area (Å²) in [5.41, 5.74) is 5.27. The maximum Gasteiger partial charge on any atom is 0.324 e. The third-order valence-electron chi connectivity index (χ3n) is 1.86. The van der Waals surface area contributed by atoms with Crippen LogP contribution >= 0.6 is 0 Å². The van der Waals surface area contributed by atoms with Crippen molar-refractivity contribution in [3.05, 3.63) is 17.8 Å². The lowest BCUT2D eigenvalue weighted by Crippen LogP contribution is -2.35. The van der Waals surface area contributed by atoms with Crippen LogP contribution in [-0.4, -0.2) is 23.9 Å². The summed E-state index contributed by atoms with van der Waals surface area (Å²) in [6.45, 7) is -1.27. The number of halogens is 4. The number of nitrogens with zero attached hydrogens (tertiary/aromatic N) is 2. The molecule has 4 nitrogen and oxygen atoms in total. The van der Waals surface area contributed by atoms with Gasteiger partial charge >= 0.3 is 12.3 Å². The first-order valence-corrected chi connectivity index (χ1v) is 4.43. The van der Waals surface area contributed by atoms with E-state index in [4.69, 9.17) is 11.0 Å². The molecule has 0 aliphatic rings. The SMILES string of the molecule is N#Cc1nc(NCC(F)(F)C(F)F)ccc1N. The summed E-state index contributed by atoms with van der Waals surface area (Å²) >= 11 is 0. The van der Waals surface area contributed by atoms with Crippen LogP contribution in [0.15, 0.2) is 12.1 Å². The molecule has 0 amide bonds. The van der Waals surface area contributed by atoms with Crippen LogP contribution in [-0.2, 0) is 0 Å². The first-order valence-electron chi connectivity index (χ1n) is 4.43. The molecule has 0 fully saturated rings. The number of nitrogens with one attached hydrogen (secondary N) is 1. The minimum atomic E-state index is -4.16. The Bertz CT molecular complexity index is 441. The van der Waals surface area contributed by atoms with Gasteiger partial charge in [0.2, 0.25) is 0 Å². The van der Waals surface area contributed by atoms with Gasteiger partial charge in [0, 0.05) is 0 Å². The smallest absolute Gasteiger partial charge is 0.324 e. The van der Waals surface area contributed by atoms with Gasteiger partial charge in [0.15, 0.2) is 5.69 Å². The average molecular weight is 248 g/mol. The first-order chi connectivity index (χ1) is 7.86. The van der Waals surface area contributed by atoms with Crippen LogP contribution in [0.5, 0.6) is 0 Å². The van der Waals surface area contributed by atoms with E-state index in [2.05, 4.69) is 4.98 Å². The van der Waals surface area contributed by atoms with E-state index in [0.29, 0.717) is 0 Å². The van der Waals surface area contributed by atoms with Crippen LogP contribution < -0.4 is 11.1 Å². The van der Waals surface area contributed by atoms with Crippen molar-refractivity contribution >= 4 is 11.5 Å². The fraction of sp³-hybridized carbons (Fsp3) is 0.333. The second kappa shape index (κ2) is 4.86. The fourth-order valence-electron chi connectivity index (χ4n) is 0.943. The number of nitrogens with two attached hydrogens (primary N) is 1. The largest absolute Gasteiger partial charge is 0.396 e. The zero-order valence-corrected chi connectivity index (χ0v) is 8.42. The van der Waals surface area contributed by atoms with Crippen LogP contribution in [0, 0.1) is 11.3 Å². The molecule has 0 aliphatic heterocycles. The number of hydrogen-bond acceptors (Lipinski definition) is 4. The number of nitrogen functional groups attached to an aromatic ring is 1. The minimum absolute atomic E-state index is 0.0821. The normalized spacial score (nSPS) is 11.3. The summed E-state index contributed by atoms with van der Waals surface area (Å²) in [6, 6.07) is 4.14. The molecule has 0 atom stereocenters. The van der Waals surface area contributed by atoms with Gasteiger partial charge in [0.1, 0.15) is 11.9 Å². The molecule has 0 radical (unpaired) electrons. The highest BCUT2D eigenvalue weighted by molar-refractivity contribution is 5.54. The van der Waals surface area contributed by atoms with Gasteiger partial charge < -0.3 is 11.1 Å². The number of hydrogen-bond donors (Lipinski definition) is 2. The van der Waals surface area contributed by atoms with Gasteiger partial charge in [-0.25, -0.2) is 13.8 Å². The number of pyridine rings is 1. The summed E-state index contributed by atoms with van der Waals surface area (Å²) in [7, 11) is 0. The molecule has 0 saturated carbocycles. The fourth-order valence-corrected chi connectivity index (χ4v) is 0.943. The van der Waals surface area contributed by atoms with Crippen LogP contribution in [0.1, 0.15) is 5.69 Å². The quantitative estimate of drug-likeness (QED) is 0.797. The lowest BCUT2D eigenvalue weighted by molar-refractivity contribution is -0.117. The second-order valence-corrected chi connectivity index (χ2v) is 3.16. The van der Waals surface area contributed by atoms with E-state index in [1.165, 1.54) is 12.1 Å². The maximum atomic E-state index is 12.6. The Labute approximate surface area is 94.1 Å². The Morgan fingerprint density at radius 1 is 1.47 bits per heavy atom. The number of anilines is 2. The standard InChI is InChI=1S/C9H8F4N4/c10-8(11)9(12,13)4-16-7-2-1-5(15)6(3-14)17-7/h1-2,8H,4,15H2,(H,16,17). The van der Waals surface area contributed by atoms with Crippen molar-refractivity contribution in [1.82, 2.24) is 4.98 Å². The van der Waals surface area contributed by atoms with Gasteiger partial charge in [0.25, 0.3) is 0 Å². The first kappa shape index (κ1) is 13.0. The van der Waals surface area contributed by atoms with E-state index in [0.717, 1.165) is 0 Å². The molecule has 1 heterocycles. The lowest BCUT2D eigenvalue weighted by Gasteiger charge is -2.16. The van der Waals surface area contributed by atoms with E-state index < -0.39 is 18.9 Å². The van der Waals surface area contributed by atoms with Crippen molar-refractivity contribution in [2.45, 2.75) is 12.3 Å². The van der Waals surface area contributed by atoms with Crippen molar-refractivity contribution in [3.63, 3.8) is 0 Å². The van der Waals surface area contributed by atoms with E-state index in [-0.39, 0.29) is 17.2 Å². The molecule has 3 N–H and O–H groups in total. The molecule has 1 rings (SSSR count). The summed E-state index contributed by atoms with van der Waals surface area (Å²) < 4.78 is 48.8. The molecular weight excluding hydrogens is 240 g/mol. The predicted molar refractivity (Wildman–Crippen MR) is 52.8 cm³/mol. The second-order valence-electron chi connectivity index (χ2n) is 3.16. The number of aromatic nitrogens is 1. The van der Waals surface area contributed by atoms with Gasteiger partial charge in [-0.1, -0.05) is 0 Å². The zero-order chi connectivity index (χ0) is 13.1. The van der Waals surface area contributed by atoms with Gasteiger partial charge in [-0.2, -0.15) is 14.0 Å². The summed E-state index contributed by atoms with van der Waals surface area (Å²) in [4.78, 5) is 3.58. The molecule has 8 heteroatoms. The van der Waals surface area contributed by atoms with Gasteiger partial charge in [0.05, 0.1) is 12.2 Å². The van der Waals surface area contributed by atoms with E-state index >= 15 is 0 Å². The van der Waals surface area contributed by atoms with Gasteiger partial charge in [-0.3, -0.25) is 0 Å². The van der Waals surface area contributed by atoms with Crippen molar-refractivity contribution in [2.75, 3.05) is 17.6 Å². The Balaban J connectivity index is 2.74. The molecule has 92 valence electrons. The van der Waals surface area contributed by atoms with E-state index in [9.17, 15) is 17.6 Å². The summed E-state index contributed by atoms with van der Waals surface area (Å²) in [5, 5.41) is 10.6. The molecule has 17 heavy (non-hydrogen) atoms. The monoisotopic (exact) mass is 248 g/mol. The number of alkyl halides is 4. The maximum absolute atomic E-state index is 12.6. The van der Waals surface area contributed by atoms with Crippen molar-refractivity contribution in [1.29, 1.82) is 5.26 Å². The van der Waals surface area contributed by atoms with Crippen LogP contribution in [0.25, 0.3) is 0 Å². The predicted octanol–water partition coefficient (Wildman–Crippen LogP) is 1.85. The molecule has 1 aromatic heterocycles. The Hall–Kier alpha value is -2.04. The minimum Gasteiger partial charge on any atom is -0.396 e. The average Bonchev–Trinajstić information content (AvgIpc) is 2.28. The highest BCUT2D eigenvalue weighted by Gasteiger charge is 2.40. The Kier molecular flexibility index (Phi) is 3.73. The number of nitriles is 1. The third kappa shape index (κ3) is 3.21. The van der Waals surface area contributed by atoms with Crippen molar-refractivity contribution < 1.29 is 17.6 Å². The summed E-state index contributed by atoms with van der Waals surface area (Å²) in [5.74, 6) is -4.27. The van der Waals surface area contributed by atoms with Gasteiger partial charge in [-0.05, 0) is 12.1 Å². The highest BCUT2D eigenvalue weighted by atomic mass is 19.3. The molecule has 0 spiro atoms. The van der Waals surface area contributed by atoms with Crippen molar-refractivity contribution in [3.8, 4) is 6.07 Å². The molecule has 1 aromatic rings. The number of rotatable bonds is 4. The topological polar surface area (TPSA) is 74.7 Å². The lowest BCUT2D eigenvalue weighted by atomic mass is 10.3. The highest BCUT2D eigenvalue weighted by Crippen LogP contribution is 2.23. The molecule has 0 unspecified atom stereocenters. The Morgan fingerprint density at radius 3 is 2.65 bits per heavy atom. The van der Waals surface area contributed by atoms with E-state index in [1.54, 1.807) is 6.07 Å².